The molecule has 7 nitrogen and oxygen atoms in total. The van der Waals surface area contributed by atoms with Gasteiger partial charge in [0, 0.05) is 24.3 Å². The van der Waals surface area contributed by atoms with Crippen LogP contribution in [-0.2, 0) is 4.74 Å². The Morgan fingerprint density at radius 3 is 2.80 bits per heavy atom. The Morgan fingerprint density at radius 1 is 1.55 bits per heavy atom. The molecule has 1 aromatic rings. The summed E-state index contributed by atoms with van der Waals surface area (Å²) in [6.45, 7) is 2.58. The van der Waals surface area contributed by atoms with Crippen molar-refractivity contribution in [2.75, 3.05) is 6.61 Å². The van der Waals surface area contributed by atoms with Gasteiger partial charge in [0.15, 0.2) is 5.75 Å². The summed E-state index contributed by atoms with van der Waals surface area (Å²) in [6, 6.07) is 3.60. The summed E-state index contributed by atoms with van der Waals surface area (Å²) in [5.41, 5.74) is -0.213. The molecular weight excluding hydrogens is 264 g/mol. The SMILES string of the molecule is CCOC1CC(NC(=O)c2ccc([N+](=O)[O-])c(O)c2)C1. The Labute approximate surface area is 115 Å². The number of nitro groups is 1. The average molecular weight is 280 g/mol. The number of phenolic OH excluding ortho intramolecular Hbond substituents is 1. The number of rotatable bonds is 5. The second-order valence-corrected chi connectivity index (χ2v) is 4.68. The standard InChI is InChI=1S/C13H16N2O5/c1-2-20-10-6-9(7-10)14-13(17)8-3-4-11(15(18)19)12(16)5-8/h3-5,9-10,16H,2,6-7H2,1H3,(H,14,17). The van der Waals surface area contributed by atoms with Crippen LogP contribution < -0.4 is 5.32 Å². The molecule has 0 aliphatic heterocycles. The molecule has 20 heavy (non-hydrogen) atoms. The molecular formula is C13H16N2O5. The van der Waals surface area contributed by atoms with Gasteiger partial charge in [0.2, 0.25) is 0 Å². The van der Waals surface area contributed by atoms with Gasteiger partial charge in [-0.3, -0.25) is 14.9 Å². The van der Waals surface area contributed by atoms with E-state index in [9.17, 15) is 20.0 Å². The van der Waals surface area contributed by atoms with Gasteiger partial charge < -0.3 is 15.2 Å². The van der Waals surface area contributed by atoms with Gasteiger partial charge in [0.05, 0.1) is 11.0 Å². The zero-order valence-corrected chi connectivity index (χ0v) is 11.0. The molecule has 1 aliphatic rings. The van der Waals surface area contributed by atoms with Crippen LogP contribution in [0, 0.1) is 10.1 Å². The van der Waals surface area contributed by atoms with Crippen LogP contribution in [0.5, 0.6) is 5.75 Å². The van der Waals surface area contributed by atoms with Crippen LogP contribution >= 0.6 is 0 Å². The fraction of sp³-hybridized carbons (Fsp3) is 0.462. The Bertz CT molecular complexity index is 525. The molecule has 0 unspecified atom stereocenters. The van der Waals surface area contributed by atoms with Crippen LogP contribution in [0.15, 0.2) is 18.2 Å². The second-order valence-electron chi connectivity index (χ2n) is 4.68. The van der Waals surface area contributed by atoms with E-state index in [4.69, 9.17) is 4.74 Å². The summed E-state index contributed by atoms with van der Waals surface area (Å²) in [7, 11) is 0. The van der Waals surface area contributed by atoms with Gasteiger partial charge in [-0.2, -0.15) is 0 Å². The number of hydrogen-bond donors (Lipinski definition) is 2. The van der Waals surface area contributed by atoms with Gasteiger partial charge in [-0.05, 0) is 31.9 Å². The summed E-state index contributed by atoms with van der Waals surface area (Å²) in [5, 5.41) is 22.8. The topological polar surface area (TPSA) is 102 Å². The Balaban J connectivity index is 1.94. The lowest BCUT2D eigenvalue weighted by Gasteiger charge is -2.35. The van der Waals surface area contributed by atoms with Gasteiger partial charge in [0.1, 0.15) is 0 Å². The van der Waals surface area contributed by atoms with Gasteiger partial charge in [-0.1, -0.05) is 0 Å². The zero-order valence-electron chi connectivity index (χ0n) is 11.0. The van der Waals surface area contributed by atoms with Crippen LogP contribution in [0.3, 0.4) is 0 Å². The van der Waals surface area contributed by atoms with Crippen molar-refractivity contribution in [1.82, 2.24) is 5.32 Å². The number of carbonyl (C=O) groups is 1. The van der Waals surface area contributed by atoms with Crippen molar-refractivity contribution >= 4 is 11.6 Å². The molecule has 0 atom stereocenters. The fourth-order valence-corrected chi connectivity index (χ4v) is 2.14. The number of benzene rings is 1. The highest BCUT2D eigenvalue weighted by molar-refractivity contribution is 5.95. The van der Waals surface area contributed by atoms with Crippen LogP contribution in [0.1, 0.15) is 30.1 Å². The van der Waals surface area contributed by atoms with Crippen LogP contribution in [0.2, 0.25) is 0 Å². The second kappa shape index (κ2) is 5.87. The average Bonchev–Trinajstić information content (AvgIpc) is 2.35. The normalized spacial score (nSPS) is 21.1. The van der Waals surface area contributed by atoms with E-state index in [0.717, 1.165) is 25.0 Å². The number of phenols is 1. The molecule has 0 spiro atoms. The monoisotopic (exact) mass is 280 g/mol. The molecule has 2 rings (SSSR count). The van der Waals surface area contributed by atoms with Crippen molar-refractivity contribution in [1.29, 1.82) is 0 Å². The van der Waals surface area contributed by atoms with Crippen molar-refractivity contribution in [2.24, 2.45) is 0 Å². The predicted molar refractivity (Wildman–Crippen MR) is 70.7 cm³/mol. The number of nitrogens with one attached hydrogen (secondary N) is 1. The lowest BCUT2D eigenvalue weighted by Crippen LogP contribution is -2.47. The number of nitrogens with zero attached hydrogens (tertiary/aromatic N) is 1. The first-order valence-electron chi connectivity index (χ1n) is 6.41. The molecule has 0 bridgehead atoms. The summed E-state index contributed by atoms with van der Waals surface area (Å²) in [4.78, 5) is 21.8. The van der Waals surface area contributed by atoms with E-state index in [0.29, 0.717) is 6.61 Å². The van der Waals surface area contributed by atoms with Crippen LogP contribution in [0.25, 0.3) is 0 Å². The molecule has 1 aromatic carbocycles. The molecule has 1 amide bonds. The third-order valence-corrected chi connectivity index (χ3v) is 3.27. The number of amides is 1. The summed E-state index contributed by atoms with van der Waals surface area (Å²) in [5.74, 6) is -0.862. The van der Waals surface area contributed by atoms with Crippen LogP contribution in [0.4, 0.5) is 5.69 Å². The molecule has 1 aliphatic carbocycles. The minimum atomic E-state index is -0.699. The summed E-state index contributed by atoms with van der Waals surface area (Å²) in [6.07, 6.45) is 1.72. The third kappa shape index (κ3) is 3.05. The van der Waals surface area contributed by atoms with E-state index >= 15 is 0 Å². The van der Waals surface area contributed by atoms with E-state index in [-0.39, 0.29) is 23.6 Å². The molecule has 1 saturated carbocycles. The minimum absolute atomic E-state index is 0.0522. The highest BCUT2D eigenvalue weighted by Crippen LogP contribution is 2.27. The summed E-state index contributed by atoms with van der Waals surface area (Å²) < 4.78 is 5.39. The first-order valence-corrected chi connectivity index (χ1v) is 6.41. The number of aromatic hydroxyl groups is 1. The number of nitro benzene ring substituents is 1. The van der Waals surface area contributed by atoms with E-state index in [1.807, 2.05) is 6.92 Å². The fourth-order valence-electron chi connectivity index (χ4n) is 2.14. The molecule has 0 radical (unpaired) electrons. The van der Waals surface area contributed by atoms with Crippen molar-refractivity contribution < 1.29 is 19.6 Å². The maximum atomic E-state index is 11.9. The van der Waals surface area contributed by atoms with E-state index in [1.165, 1.54) is 6.07 Å². The van der Waals surface area contributed by atoms with Crippen LogP contribution in [-0.4, -0.2) is 34.7 Å². The number of carbonyl (C=O) groups excluding carboxylic acids is 1. The van der Waals surface area contributed by atoms with E-state index in [2.05, 4.69) is 5.32 Å². The molecule has 7 heteroatoms. The predicted octanol–water partition coefficient (Wildman–Crippen LogP) is 1.60. The number of hydrogen-bond acceptors (Lipinski definition) is 5. The zero-order chi connectivity index (χ0) is 14.7. The maximum Gasteiger partial charge on any atom is 0.310 e. The molecule has 0 heterocycles. The lowest BCUT2D eigenvalue weighted by molar-refractivity contribution is -0.385. The van der Waals surface area contributed by atoms with E-state index in [1.54, 1.807) is 0 Å². The Morgan fingerprint density at radius 2 is 2.25 bits per heavy atom. The van der Waals surface area contributed by atoms with Gasteiger partial charge in [-0.15, -0.1) is 0 Å². The quantitative estimate of drug-likeness (QED) is 0.630. The highest BCUT2D eigenvalue weighted by Gasteiger charge is 2.31. The maximum absolute atomic E-state index is 11.9. The summed E-state index contributed by atoms with van der Waals surface area (Å²) >= 11 is 0. The third-order valence-electron chi connectivity index (χ3n) is 3.27. The smallest absolute Gasteiger partial charge is 0.310 e. The van der Waals surface area contributed by atoms with Crippen molar-refractivity contribution in [2.45, 2.75) is 31.9 Å². The van der Waals surface area contributed by atoms with E-state index < -0.39 is 16.4 Å². The van der Waals surface area contributed by atoms with Crippen molar-refractivity contribution in [3.8, 4) is 5.75 Å². The molecule has 108 valence electrons. The lowest BCUT2D eigenvalue weighted by atomic mass is 9.89. The molecule has 0 aromatic heterocycles. The first-order chi connectivity index (χ1) is 9.51. The van der Waals surface area contributed by atoms with Gasteiger partial charge in [-0.25, -0.2) is 0 Å². The van der Waals surface area contributed by atoms with Gasteiger partial charge in [0.25, 0.3) is 5.91 Å². The molecule has 1 fully saturated rings. The first kappa shape index (κ1) is 14.3. The van der Waals surface area contributed by atoms with Crippen molar-refractivity contribution in [3.63, 3.8) is 0 Å². The number of ether oxygens (including phenoxy) is 1. The largest absolute Gasteiger partial charge is 0.502 e. The Kier molecular flexibility index (Phi) is 4.19. The highest BCUT2D eigenvalue weighted by atomic mass is 16.6. The molecule has 0 saturated heterocycles. The Hall–Kier alpha value is -2.15. The minimum Gasteiger partial charge on any atom is -0.502 e. The molecule has 2 N–H and O–H groups in total. The van der Waals surface area contributed by atoms with Gasteiger partial charge >= 0.3 is 5.69 Å². The van der Waals surface area contributed by atoms with Crippen molar-refractivity contribution in [3.05, 3.63) is 33.9 Å².